The van der Waals surface area contributed by atoms with Gasteiger partial charge in [-0.2, -0.15) is 23.5 Å². The number of rotatable bonds is 7. The molecule has 1 aromatic heterocycles. The number of aryl methyl sites for hydroxylation is 1. The molecule has 1 N–H and O–H groups in total. The summed E-state index contributed by atoms with van der Waals surface area (Å²) in [7, 11) is 0. The average Bonchev–Trinajstić information content (AvgIpc) is 3.53. The molecule has 1 aliphatic carbocycles. The minimum absolute atomic E-state index is 0.0184. The number of hydrogen-bond acceptors (Lipinski definition) is 5. The van der Waals surface area contributed by atoms with Crippen LogP contribution in [0.3, 0.4) is 0 Å². The number of alkyl halides is 3. The van der Waals surface area contributed by atoms with Gasteiger partial charge in [0.1, 0.15) is 23.7 Å². The van der Waals surface area contributed by atoms with Crippen LogP contribution < -0.4 is 10.2 Å². The number of carbonyl (C=O) groups is 3. The third kappa shape index (κ3) is 5.22. The van der Waals surface area contributed by atoms with Crippen LogP contribution in [0.4, 0.5) is 23.4 Å². The van der Waals surface area contributed by atoms with Gasteiger partial charge in [0, 0.05) is 36.2 Å². The van der Waals surface area contributed by atoms with Crippen LogP contribution in [-0.2, 0) is 17.5 Å². The summed E-state index contributed by atoms with van der Waals surface area (Å²) in [5.41, 5.74) is -0.594. The predicted octanol–water partition coefficient (Wildman–Crippen LogP) is 4.87. The van der Waals surface area contributed by atoms with Gasteiger partial charge in [0.25, 0.3) is 17.7 Å². The Morgan fingerprint density at radius 3 is 2.49 bits per heavy atom. The number of nitriles is 1. The molecule has 0 radical (unpaired) electrons. The van der Waals surface area contributed by atoms with E-state index < -0.39 is 53.3 Å². The van der Waals surface area contributed by atoms with Crippen molar-refractivity contribution in [2.75, 3.05) is 11.4 Å². The predicted molar refractivity (Wildman–Crippen MR) is 154 cm³/mol. The summed E-state index contributed by atoms with van der Waals surface area (Å²) in [6.07, 6.45) is -2.75. The van der Waals surface area contributed by atoms with Crippen molar-refractivity contribution in [3.8, 4) is 6.07 Å². The molecule has 6 rings (SSSR count). The Morgan fingerprint density at radius 2 is 1.84 bits per heavy atom. The molecule has 3 amide bonds. The maximum atomic E-state index is 14.3. The summed E-state index contributed by atoms with van der Waals surface area (Å²) in [5, 5.41) is 17.1. The van der Waals surface area contributed by atoms with Crippen LogP contribution in [0.25, 0.3) is 0 Å². The number of amides is 3. The number of aromatic nitrogens is 2. The molecular formula is C32H30F4N6O3. The molecule has 9 nitrogen and oxygen atoms in total. The summed E-state index contributed by atoms with van der Waals surface area (Å²) in [4.78, 5) is 44.9. The summed E-state index contributed by atoms with van der Waals surface area (Å²) >= 11 is 0. The number of likely N-dealkylation sites (N-methyl/N-ethyl adjacent to an activating group) is 1. The van der Waals surface area contributed by atoms with Gasteiger partial charge in [0.05, 0.1) is 11.6 Å². The van der Waals surface area contributed by atoms with Gasteiger partial charge in [-0.1, -0.05) is 25.1 Å². The lowest BCUT2D eigenvalue weighted by Gasteiger charge is -2.38. The highest BCUT2D eigenvalue weighted by molar-refractivity contribution is 6.07. The molecule has 13 heteroatoms. The molecule has 3 aliphatic rings. The summed E-state index contributed by atoms with van der Waals surface area (Å²) in [6, 6.07) is 9.22. The van der Waals surface area contributed by atoms with E-state index in [0.717, 1.165) is 18.6 Å². The van der Waals surface area contributed by atoms with Crippen molar-refractivity contribution in [1.82, 2.24) is 20.0 Å². The van der Waals surface area contributed by atoms with Crippen molar-refractivity contribution in [1.29, 1.82) is 5.26 Å². The molecule has 45 heavy (non-hydrogen) atoms. The number of likely N-dealkylation sites (tertiary alicyclic amines) is 1. The normalized spacial score (nSPS) is 23.8. The number of fused-ring (bicyclic) bond motifs is 2. The Kier molecular flexibility index (Phi) is 7.62. The van der Waals surface area contributed by atoms with Gasteiger partial charge in [-0.05, 0) is 68.0 Å². The fourth-order valence-electron chi connectivity index (χ4n) is 6.67. The number of halogens is 4. The largest absolute Gasteiger partial charge is 0.416 e. The van der Waals surface area contributed by atoms with Gasteiger partial charge < -0.3 is 10.2 Å². The van der Waals surface area contributed by atoms with Gasteiger partial charge >= 0.3 is 6.18 Å². The third-order valence-electron chi connectivity index (χ3n) is 8.80. The van der Waals surface area contributed by atoms with E-state index in [4.69, 9.17) is 5.10 Å². The molecule has 3 aromatic rings. The first-order valence-electron chi connectivity index (χ1n) is 14.9. The summed E-state index contributed by atoms with van der Waals surface area (Å²) < 4.78 is 56.0. The highest BCUT2D eigenvalue weighted by Crippen LogP contribution is 2.50. The standard InChI is InChI=1S/C32H30F4N6O3/c1-3-12-41-29-25(27(39-41)31(45)42-22(16-37)14-19-15-23(19)42)24(17-8-10-21(33)11-9-17)26(30(44)40(29)4-2)38-28(43)18-6-5-7-20(13-18)32(34,35)36/h5-11,13,19,22-24,26H,3-4,12,14-15H2,1-2H3,(H,38,43)/t19-,22-,23+,24-,26-/m0/s1. The van der Waals surface area contributed by atoms with Gasteiger partial charge in [-0.25, -0.2) is 9.07 Å². The molecule has 5 atom stereocenters. The zero-order valence-corrected chi connectivity index (χ0v) is 24.5. The van der Waals surface area contributed by atoms with Gasteiger partial charge in [-0.15, -0.1) is 0 Å². The highest BCUT2D eigenvalue weighted by Gasteiger charge is 2.56. The van der Waals surface area contributed by atoms with E-state index in [2.05, 4.69) is 11.4 Å². The number of nitrogens with zero attached hydrogens (tertiary/aromatic N) is 5. The molecule has 3 heterocycles. The van der Waals surface area contributed by atoms with Crippen LogP contribution in [0.1, 0.15) is 76.6 Å². The third-order valence-corrected chi connectivity index (χ3v) is 8.80. The first-order chi connectivity index (χ1) is 21.5. The van der Waals surface area contributed by atoms with Crippen LogP contribution in [0, 0.1) is 23.1 Å². The SMILES string of the molecule is CCCn1nc(C(=O)N2[C@H](C#N)C[C@H]3C[C@H]32)c2c1N(CC)C(=O)[C@@H](NC(=O)c1cccc(C(F)(F)F)c1)[C@H]2c1ccc(F)cc1. The molecule has 2 aromatic carbocycles. The molecular weight excluding hydrogens is 592 g/mol. The Labute approximate surface area is 256 Å². The van der Waals surface area contributed by atoms with E-state index >= 15 is 0 Å². The van der Waals surface area contributed by atoms with Crippen LogP contribution >= 0.6 is 0 Å². The summed E-state index contributed by atoms with van der Waals surface area (Å²) in [5.74, 6) is -2.97. The zero-order chi connectivity index (χ0) is 32.2. The van der Waals surface area contributed by atoms with Crippen LogP contribution in [0.15, 0.2) is 48.5 Å². The van der Waals surface area contributed by atoms with E-state index in [0.29, 0.717) is 42.4 Å². The van der Waals surface area contributed by atoms with Crippen LogP contribution in [0.5, 0.6) is 0 Å². The quantitative estimate of drug-likeness (QED) is 0.378. The molecule has 0 spiro atoms. The minimum Gasteiger partial charge on any atom is -0.339 e. The van der Waals surface area contributed by atoms with Crippen molar-refractivity contribution in [2.45, 2.75) is 69.9 Å². The van der Waals surface area contributed by atoms with Gasteiger partial charge in [0.2, 0.25) is 0 Å². The molecule has 2 aliphatic heterocycles. The molecule has 234 valence electrons. The first-order valence-corrected chi connectivity index (χ1v) is 14.9. The number of hydrogen-bond donors (Lipinski definition) is 1. The number of anilines is 1. The van der Waals surface area contributed by atoms with Crippen LogP contribution in [0.2, 0.25) is 0 Å². The topological polar surface area (TPSA) is 111 Å². The second-order valence-electron chi connectivity index (χ2n) is 11.6. The van der Waals surface area contributed by atoms with Crippen molar-refractivity contribution in [2.24, 2.45) is 5.92 Å². The van der Waals surface area contributed by atoms with Crippen LogP contribution in [-0.4, -0.2) is 57.1 Å². The zero-order valence-electron chi connectivity index (χ0n) is 24.5. The van der Waals surface area contributed by atoms with Gasteiger partial charge in [0.15, 0.2) is 5.69 Å². The monoisotopic (exact) mass is 622 g/mol. The van der Waals surface area contributed by atoms with E-state index in [9.17, 15) is 37.2 Å². The smallest absolute Gasteiger partial charge is 0.339 e. The fourth-order valence-corrected chi connectivity index (χ4v) is 6.67. The van der Waals surface area contributed by atoms with E-state index in [-0.39, 0.29) is 29.8 Å². The maximum Gasteiger partial charge on any atom is 0.416 e. The second kappa shape index (κ2) is 11.3. The maximum absolute atomic E-state index is 14.3. The Bertz CT molecular complexity index is 1710. The van der Waals surface area contributed by atoms with Gasteiger partial charge in [-0.3, -0.25) is 19.3 Å². The Balaban J connectivity index is 1.51. The first kappa shape index (κ1) is 30.3. The van der Waals surface area contributed by atoms with E-state index in [1.807, 2.05) is 6.92 Å². The highest BCUT2D eigenvalue weighted by atomic mass is 19.4. The van der Waals surface area contributed by atoms with Crippen molar-refractivity contribution in [3.05, 3.63) is 82.3 Å². The lowest BCUT2D eigenvalue weighted by molar-refractivity contribution is -0.137. The lowest BCUT2D eigenvalue weighted by Crippen LogP contribution is -2.55. The second-order valence-corrected chi connectivity index (χ2v) is 11.6. The van der Waals surface area contributed by atoms with E-state index in [1.54, 1.807) is 16.5 Å². The molecule has 1 saturated carbocycles. The summed E-state index contributed by atoms with van der Waals surface area (Å²) in [6.45, 7) is 4.12. The Hall–Kier alpha value is -4.73. The average molecular weight is 623 g/mol. The van der Waals surface area contributed by atoms with Crippen molar-refractivity contribution in [3.63, 3.8) is 0 Å². The molecule has 0 unspecified atom stereocenters. The fraction of sp³-hybridized carbons (Fsp3) is 0.406. The van der Waals surface area contributed by atoms with Crippen molar-refractivity contribution >= 4 is 23.5 Å². The molecule has 1 saturated heterocycles. The number of benzene rings is 2. The molecule has 2 fully saturated rings. The lowest BCUT2D eigenvalue weighted by atomic mass is 9.80. The number of nitrogens with one attached hydrogen (secondary N) is 1. The number of piperidine rings is 1. The molecule has 0 bridgehead atoms. The Morgan fingerprint density at radius 1 is 1.11 bits per heavy atom. The van der Waals surface area contributed by atoms with Crippen molar-refractivity contribution < 1.29 is 31.9 Å². The number of carbonyl (C=O) groups excluding carboxylic acids is 3. The minimum atomic E-state index is -4.69. The van der Waals surface area contributed by atoms with E-state index in [1.165, 1.54) is 35.2 Å².